The molecule has 0 aromatic heterocycles. The molecule has 0 bridgehead atoms. The summed E-state index contributed by atoms with van der Waals surface area (Å²) in [7, 11) is 0. The first-order valence-corrected chi connectivity index (χ1v) is 10.8. The standard InChI is InChI=1S/C25H30ClF/c1-3-5-6-7-19-10-14-20(15-11-19)22-16-17-23(25(27)24(22)26)21-12-8-18(4-2)9-13-21/h10-12,14-18H,3-9,13H2,1-2H3. The zero-order valence-corrected chi connectivity index (χ0v) is 17.3. The molecular formula is C25H30ClF. The number of aryl methyl sites for hydroxylation is 1. The lowest BCUT2D eigenvalue weighted by atomic mass is 9.85. The number of benzene rings is 2. The van der Waals surface area contributed by atoms with Gasteiger partial charge in [-0.25, -0.2) is 4.39 Å². The van der Waals surface area contributed by atoms with Gasteiger partial charge < -0.3 is 0 Å². The first-order chi connectivity index (χ1) is 13.1. The summed E-state index contributed by atoms with van der Waals surface area (Å²) in [5.41, 5.74) is 4.87. The Kier molecular flexibility index (Phi) is 7.13. The highest BCUT2D eigenvalue weighted by Gasteiger charge is 2.19. The van der Waals surface area contributed by atoms with Crippen molar-refractivity contribution in [3.63, 3.8) is 0 Å². The molecule has 0 saturated carbocycles. The summed E-state index contributed by atoms with van der Waals surface area (Å²) in [6.07, 6.45) is 11.3. The van der Waals surface area contributed by atoms with E-state index in [-0.39, 0.29) is 10.8 Å². The van der Waals surface area contributed by atoms with Gasteiger partial charge in [-0.05, 0) is 54.7 Å². The van der Waals surface area contributed by atoms with E-state index in [1.807, 2.05) is 12.1 Å². The van der Waals surface area contributed by atoms with Gasteiger partial charge in [-0.3, -0.25) is 0 Å². The Morgan fingerprint density at radius 2 is 1.74 bits per heavy atom. The zero-order valence-electron chi connectivity index (χ0n) is 16.5. The van der Waals surface area contributed by atoms with Crippen LogP contribution in [0.25, 0.3) is 16.7 Å². The van der Waals surface area contributed by atoms with Crippen LogP contribution in [0.4, 0.5) is 4.39 Å². The monoisotopic (exact) mass is 384 g/mol. The second-order valence-electron chi connectivity index (χ2n) is 7.72. The molecule has 0 N–H and O–H groups in total. The molecule has 1 atom stereocenters. The van der Waals surface area contributed by atoms with Crippen LogP contribution in [-0.4, -0.2) is 0 Å². The van der Waals surface area contributed by atoms with Gasteiger partial charge in [0.2, 0.25) is 0 Å². The predicted octanol–water partition coefficient (Wildman–Crippen LogP) is 8.47. The van der Waals surface area contributed by atoms with Crippen molar-refractivity contribution >= 4 is 17.2 Å². The summed E-state index contributed by atoms with van der Waals surface area (Å²) in [4.78, 5) is 0. The molecule has 144 valence electrons. The van der Waals surface area contributed by atoms with E-state index in [9.17, 15) is 0 Å². The van der Waals surface area contributed by atoms with Gasteiger partial charge >= 0.3 is 0 Å². The van der Waals surface area contributed by atoms with Crippen LogP contribution in [0, 0.1) is 11.7 Å². The van der Waals surface area contributed by atoms with Crippen molar-refractivity contribution in [1.82, 2.24) is 0 Å². The van der Waals surface area contributed by atoms with E-state index >= 15 is 4.39 Å². The SMILES string of the molecule is CCCCCc1ccc(-c2ccc(C3=CCC(CC)CC3)c(F)c2Cl)cc1. The Hall–Kier alpha value is -1.60. The molecule has 0 heterocycles. The molecule has 3 rings (SSSR count). The minimum absolute atomic E-state index is 0.241. The lowest BCUT2D eigenvalue weighted by molar-refractivity contribution is 0.470. The molecule has 0 radical (unpaired) electrons. The Morgan fingerprint density at radius 1 is 1.00 bits per heavy atom. The molecule has 0 spiro atoms. The molecule has 0 aliphatic heterocycles. The van der Waals surface area contributed by atoms with Crippen molar-refractivity contribution in [2.45, 2.75) is 65.2 Å². The van der Waals surface area contributed by atoms with Crippen molar-refractivity contribution in [3.05, 3.63) is 64.4 Å². The molecule has 0 saturated heterocycles. The minimum Gasteiger partial charge on any atom is -0.205 e. The Labute approximate surface area is 168 Å². The summed E-state index contributed by atoms with van der Waals surface area (Å²) < 4.78 is 15.0. The predicted molar refractivity (Wildman–Crippen MR) is 116 cm³/mol. The van der Waals surface area contributed by atoms with Gasteiger partial charge in [-0.1, -0.05) is 87.2 Å². The largest absolute Gasteiger partial charge is 0.205 e. The third-order valence-corrected chi connectivity index (χ3v) is 6.23. The third-order valence-electron chi connectivity index (χ3n) is 5.86. The number of hydrogen-bond donors (Lipinski definition) is 0. The van der Waals surface area contributed by atoms with Crippen molar-refractivity contribution in [3.8, 4) is 11.1 Å². The van der Waals surface area contributed by atoms with E-state index in [1.165, 1.54) is 31.2 Å². The molecule has 2 heteroatoms. The van der Waals surface area contributed by atoms with E-state index in [0.29, 0.717) is 5.56 Å². The Morgan fingerprint density at radius 3 is 2.37 bits per heavy atom. The Balaban J connectivity index is 1.80. The van der Waals surface area contributed by atoms with Crippen LogP contribution >= 0.6 is 11.6 Å². The number of halogens is 2. The summed E-state index contributed by atoms with van der Waals surface area (Å²) >= 11 is 6.45. The lowest BCUT2D eigenvalue weighted by Crippen LogP contribution is -2.05. The number of hydrogen-bond acceptors (Lipinski definition) is 0. The highest BCUT2D eigenvalue weighted by Crippen LogP contribution is 2.38. The minimum atomic E-state index is -0.276. The van der Waals surface area contributed by atoms with E-state index in [0.717, 1.165) is 48.3 Å². The fourth-order valence-corrected chi connectivity index (χ4v) is 4.23. The topological polar surface area (TPSA) is 0 Å². The number of allylic oxidation sites excluding steroid dienone is 2. The van der Waals surface area contributed by atoms with Crippen LogP contribution in [0.5, 0.6) is 0 Å². The van der Waals surface area contributed by atoms with E-state index in [4.69, 9.17) is 11.6 Å². The van der Waals surface area contributed by atoms with Crippen molar-refractivity contribution in [1.29, 1.82) is 0 Å². The molecule has 0 fully saturated rings. The van der Waals surface area contributed by atoms with E-state index < -0.39 is 0 Å². The Bertz CT molecular complexity index is 789. The van der Waals surface area contributed by atoms with Crippen LogP contribution in [0.3, 0.4) is 0 Å². The second kappa shape index (κ2) is 9.55. The van der Waals surface area contributed by atoms with Gasteiger partial charge in [-0.2, -0.15) is 0 Å². The van der Waals surface area contributed by atoms with Gasteiger partial charge in [0.25, 0.3) is 0 Å². The molecule has 2 aromatic carbocycles. The second-order valence-corrected chi connectivity index (χ2v) is 8.10. The van der Waals surface area contributed by atoms with Crippen LogP contribution in [-0.2, 0) is 6.42 Å². The van der Waals surface area contributed by atoms with Gasteiger partial charge in [-0.15, -0.1) is 0 Å². The number of unbranched alkanes of at least 4 members (excludes halogenated alkanes) is 2. The normalized spacial score (nSPS) is 17.0. The fourth-order valence-electron chi connectivity index (χ4n) is 3.95. The summed E-state index contributed by atoms with van der Waals surface area (Å²) in [5.74, 6) is 0.463. The van der Waals surface area contributed by atoms with Gasteiger partial charge in [0.05, 0.1) is 5.02 Å². The molecule has 27 heavy (non-hydrogen) atoms. The van der Waals surface area contributed by atoms with Crippen molar-refractivity contribution in [2.75, 3.05) is 0 Å². The van der Waals surface area contributed by atoms with Crippen molar-refractivity contribution < 1.29 is 4.39 Å². The summed E-state index contributed by atoms with van der Waals surface area (Å²) in [6, 6.07) is 12.3. The average molecular weight is 385 g/mol. The highest BCUT2D eigenvalue weighted by molar-refractivity contribution is 6.33. The van der Waals surface area contributed by atoms with Crippen LogP contribution < -0.4 is 0 Å². The summed E-state index contributed by atoms with van der Waals surface area (Å²) in [5, 5.41) is 0.241. The summed E-state index contributed by atoms with van der Waals surface area (Å²) in [6.45, 7) is 4.44. The molecule has 1 aliphatic rings. The zero-order chi connectivity index (χ0) is 19.2. The highest BCUT2D eigenvalue weighted by atomic mass is 35.5. The molecule has 1 unspecified atom stereocenters. The van der Waals surface area contributed by atoms with E-state index in [2.05, 4.69) is 44.2 Å². The maximum Gasteiger partial charge on any atom is 0.149 e. The van der Waals surface area contributed by atoms with Gasteiger partial charge in [0.15, 0.2) is 0 Å². The van der Waals surface area contributed by atoms with E-state index in [1.54, 1.807) is 0 Å². The maximum atomic E-state index is 15.0. The molecule has 0 amide bonds. The lowest BCUT2D eigenvalue weighted by Gasteiger charge is -2.21. The molecule has 0 nitrogen and oxygen atoms in total. The van der Waals surface area contributed by atoms with Crippen LogP contribution in [0.2, 0.25) is 5.02 Å². The molecular weight excluding hydrogens is 355 g/mol. The molecule has 1 aliphatic carbocycles. The first-order valence-electron chi connectivity index (χ1n) is 10.4. The molecule has 2 aromatic rings. The average Bonchev–Trinajstić information content (AvgIpc) is 2.71. The van der Waals surface area contributed by atoms with Crippen molar-refractivity contribution in [2.24, 2.45) is 5.92 Å². The fraction of sp³-hybridized carbons (Fsp3) is 0.440. The quantitative estimate of drug-likeness (QED) is 0.420. The van der Waals surface area contributed by atoms with Gasteiger partial charge in [0.1, 0.15) is 5.82 Å². The smallest absolute Gasteiger partial charge is 0.149 e. The first kappa shape index (κ1) is 20.1. The van der Waals surface area contributed by atoms with Crippen LogP contribution in [0.1, 0.15) is 69.9 Å². The number of rotatable bonds is 7. The van der Waals surface area contributed by atoms with Gasteiger partial charge in [0, 0.05) is 11.1 Å². The maximum absolute atomic E-state index is 15.0. The third kappa shape index (κ3) is 4.82. The van der Waals surface area contributed by atoms with Crippen LogP contribution in [0.15, 0.2) is 42.5 Å².